The molecule has 2 N–H and O–H groups in total. The number of benzene rings is 2. The summed E-state index contributed by atoms with van der Waals surface area (Å²) in [6.07, 6.45) is -1.07. The highest BCUT2D eigenvalue weighted by Crippen LogP contribution is 2.30. The second-order valence-corrected chi connectivity index (χ2v) is 7.21. The molecule has 0 aliphatic heterocycles. The van der Waals surface area contributed by atoms with E-state index in [0.29, 0.717) is 10.8 Å². The molecule has 0 unspecified atom stereocenters. The molecule has 0 aliphatic rings. The fraction of sp³-hybridized carbons (Fsp3) is 0.150. The van der Waals surface area contributed by atoms with Gasteiger partial charge in [-0.25, -0.2) is 4.98 Å². The fourth-order valence-corrected chi connectivity index (χ4v) is 3.23. The van der Waals surface area contributed by atoms with Gasteiger partial charge in [-0.1, -0.05) is 17.8 Å². The summed E-state index contributed by atoms with van der Waals surface area (Å²) in [7, 11) is 1.83. The Morgan fingerprint density at radius 3 is 2.43 bits per heavy atom. The number of hydrogen-bond acceptors (Lipinski definition) is 4. The van der Waals surface area contributed by atoms with E-state index in [1.807, 2.05) is 7.05 Å². The molecule has 156 valence electrons. The smallest absolute Gasteiger partial charge is 0.329 e. The lowest BCUT2D eigenvalue weighted by molar-refractivity contribution is -0.137. The minimum Gasteiger partial charge on any atom is -0.329 e. The van der Waals surface area contributed by atoms with Crippen LogP contribution in [0.3, 0.4) is 0 Å². The Balaban J connectivity index is 1.56. The van der Waals surface area contributed by atoms with Crippen molar-refractivity contribution in [3.63, 3.8) is 0 Å². The van der Waals surface area contributed by atoms with Crippen molar-refractivity contribution in [3.8, 4) is 0 Å². The number of rotatable bonds is 6. The average molecular weight is 434 g/mol. The summed E-state index contributed by atoms with van der Waals surface area (Å²) in [6, 6.07) is 10.4. The molecule has 2 aromatic carbocycles. The Labute approximate surface area is 174 Å². The number of imidazole rings is 1. The molecule has 1 heterocycles. The van der Waals surface area contributed by atoms with Crippen LogP contribution in [-0.2, 0) is 18.0 Å². The number of aryl methyl sites for hydroxylation is 1. The second kappa shape index (κ2) is 9.04. The number of anilines is 2. The van der Waals surface area contributed by atoms with Crippen LogP contribution < -0.4 is 10.6 Å². The van der Waals surface area contributed by atoms with E-state index in [4.69, 9.17) is 0 Å². The van der Waals surface area contributed by atoms with Gasteiger partial charge in [-0.15, -0.1) is 0 Å². The third-order valence-corrected chi connectivity index (χ3v) is 5.05. The number of amides is 2. The number of halogens is 3. The number of alkyl halides is 3. The van der Waals surface area contributed by atoms with Crippen LogP contribution in [0.2, 0.25) is 0 Å². The first kappa shape index (κ1) is 21.4. The van der Waals surface area contributed by atoms with Gasteiger partial charge in [-0.05, 0) is 42.5 Å². The van der Waals surface area contributed by atoms with E-state index >= 15 is 0 Å². The van der Waals surface area contributed by atoms with Crippen LogP contribution in [0.5, 0.6) is 0 Å². The maximum atomic E-state index is 12.8. The van der Waals surface area contributed by atoms with E-state index in [2.05, 4.69) is 15.6 Å². The van der Waals surface area contributed by atoms with Crippen LogP contribution in [0.4, 0.5) is 24.5 Å². The highest BCUT2D eigenvalue weighted by Gasteiger charge is 2.30. The van der Waals surface area contributed by atoms with Crippen LogP contribution in [-0.4, -0.2) is 27.1 Å². The van der Waals surface area contributed by atoms with E-state index < -0.39 is 17.6 Å². The monoisotopic (exact) mass is 434 g/mol. The minimum atomic E-state index is -4.49. The van der Waals surface area contributed by atoms with E-state index in [-0.39, 0.29) is 22.9 Å². The molecule has 3 aromatic rings. The second-order valence-electron chi connectivity index (χ2n) is 6.27. The molecular weight excluding hydrogens is 417 g/mol. The van der Waals surface area contributed by atoms with E-state index in [1.54, 1.807) is 29.1 Å². The van der Waals surface area contributed by atoms with Gasteiger partial charge in [0.2, 0.25) is 5.91 Å². The van der Waals surface area contributed by atoms with Gasteiger partial charge in [0.05, 0.1) is 11.3 Å². The lowest BCUT2D eigenvalue weighted by Gasteiger charge is -2.10. The Morgan fingerprint density at radius 1 is 1.07 bits per heavy atom. The summed E-state index contributed by atoms with van der Waals surface area (Å²) in [5.74, 6) is -0.621. The third-order valence-electron chi connectivity index (χ3n) is 3.99. The van der Waals surface area contributed by atoms with Gasteiger partial charge >= 0.3 is 6.18 Å². The molecule has 0 radical (unpaired) electrons. The topological polar surface area (TPSA) is 76.0 Å². The third kappa shape index (κ3) is 5.63. The number of aromatic nitrogens is 2. The minimum absolute atomic E-state index is 0.0403. The Hall–Kier alpha value is -3.27. The Bertz CT molecular complexity index is 1050. The lowest BCUT2D eigenvalue weighted by atomic mass is 10.1. The summed E-state index contributed by atoms with van der Waals surface area (Å²) < 4.78 is 40.1. The summed E-state index contributed by atoms with van der Waals surface area (Å²) in [5.41, 5.74) is -0.0656. The molecule has 0 atom stereocenters. The van der Waals surface area contributed by atoms with Crippen LogP contribution in [0.1, 0.15) is 15.9 Å². The van der Waals surface area contributed by atoms with Crippen LogP contribution >= 0.6 is 11.8 Å². The molecular formula is C20H17F3N4O2S. The molecule has 0 aliphatic carbocycles. The number of hydrogen-bond donors (Lipinski definition) is 2. The van der Waals surface area contributed by atoms with Crippen molar-refractivity contribution in [1.82, 2.24) is 9.55 Å². The summed E-state index contributed by atoms with van der Waals surface area (Å²) >= 11 is 1.29. The Kier molecular flexibility index (Phi) is 6.46. The molecule has 1 aromatic heterocycles. The van der Waals surface area contributed by atoms with Gasteiger partial charge in [-0.2, -0.15) is 13.2 Å². The predicted octanol–water partition coefficient (Wildman–Crippen LogP) is 4.42. The summed E-state index contributed by atoms with van der Waals surface area (Å²) in [6.45, 7) is 0. The molecule has 0 spiro atoms. The van der Waals surface area contributed by atoms with Crippen molar-refractivity contribution in [2.75, 3.05) is 16.4 Å². The molecule has 6 nitrogen and oxygen atoms in total. The van der Waals surface area contributed by atoms with Crippen molar-refractivity contribution in [3.05, 3.63) is 72.1 Å². The van der Waals surface area contributed by atoms with Crippen molar-refractivity contribution in [1.29, 1.82) is 0 Å². The van der Waals surface area contributed by atoms with Gasteiger partial charge < -0.3 is 15.2 Å². The molecule has 0 saturated heterocycles. The van der Waals surface area contributed by atoms with Crippen LogP contribution in [0.15, 0.2) is 66.1 Å². The summed E-state index contributed by atoms with van der Waals surface area (Å²) in [5, 5.41) is 5.86. The van der Waals surface area contributed by atoms with Crippen molar-refractivity contribution < 1.29 is 22.8 Å². The van der Waals surface area contributed by atoms with Crippen molar-refractivity contribution >= 4 is 35.0 Å². The van der Waals surface area contributed by atoms with Gasteiger partial charge in [0.15, 0.2) is 5.16 Å². The van der Waals surface area contributed by atoms with Gasteiger partial charge in [0.25, 0.3) is 5.91 Å². The van der Waals surface area contributed by atoms with Crippen LogP contribution in [0, 0.1) is 0 Å². The van der Waals surface area contributed by atoms with Crippen LogP contribution in [0.25, 0.3) is 0 Å². The highest BCUT2D eigenvalue weighted by atomic mass is 32.2. The first-order valence-electron chi connectivity index (χ1n) is 8.71. The lowest BCUT2D eigenvalue weighted by Crippen LogP contribution is -2.15. The Morgan fingerprint density at radius 2 is 1.80 bits per heavy atom. The van der Waals surface area contributed by atoms with Crippen molar-refractivity contribution in [2.24, 2.45) is 7.05 Å². The fourth-order valence-electron chi connectivity index (χ4n) is 2.50. The molecule has 0 saturated carbocycles. The SMILES string of the molecule is Cn1ccnc1SCC(=O)Nc1ccc(C(=O)Nc2cccc(C(F)(F)F)c2)cc1. The van der Waals surface area contributed by atoms with E-state index in [0.717, 1.165) is 12.1 Å². The molecule has 0 fully saturated rings. The summed E-state index contributed by atoms with van der Waals surface area (Å²) in [4.78, 5) is 28.5. The van der Waals surface area contributed by atoms with Gasteiger partial charge in [0, 0.05) is 36.4 Å². The normalized spacial score (nSPS) is 11.2. The number of carbonyl (C=O) groups is 2. The molecule has 3 rings (SSSR count). The zero-order valence-corrected chi connectivity index (χ0v) is 16.6. The first-order chi connectivity index (χ1) is 14.2. The zero-order valence-electron chi connectivity index (χ0n) is 15.7. The van der Waals surface area contributed by atoms with Gasteiger partial charge in [0.1, 0.15) is 0 Å². The first-order valence-corrected chi connectivity index (χ1v) is 9.69. The number of carbonyl (C=O) groups excluding carboxylic acids is 2. The maximum absolute atomic E-state index is 12.8. The highest BCUT2D eigenvalue weighted by molar-refractivity contribution is 7.99. The number of nitrogens with one attached hydrogen (secondary N) is 2. The molecule has 10 heteroatoms. The predicted molar refractivity (Wildman–Crippen MR) is 108 cm³/mol. The van der Waals surface area contributed by atoms with Crippen molar-refractivity contribution in [2.45, 2.75) is 11.3 Å². The molecule has 30 heavy (non-hydrogen) atoms. The zero-order chi connectivity index (χ0) is 21.7. The quantitative estimate of drug-likeness (QED) is 0.563. The molecule has 0 bridgehead atoms. The number of thioether (sulfide) groups is 1. The van der Waals surface area contributed by atoms with Gasteiger partial charge in [-0.3, -0.25) is 9.59 Å². The standard InChI is InChI=1S/C20H17F3N4O2S/c1-27-10-9-24-19(27)30-12-17(28)25-15-7-5-13(6-8-15)18(29)26-16-4-2-3-14(11-16)20(21,22)23/h2-11H,12H2,1H3,(H,25,28)(H,26,29). The van der Waals surface area contributed by atoms with E-state index in [9.17, 15) is 22.8 Å². The molecule has 2 amide bonds. The van der Waals surface area contributed by atoms with E-state index in [1.165, 1.54) is 36.0 Å². The maximum Gasteiger partial charge on any atom is 0.416 e. The average Bonchev–Trinajstić information content (AvgIpc) is 3.11. The largest absolute Gasteiger partial charge is 0.416 e. The number of nitrogens with zero attached hydrogens (tertiary/aromatic N) is 2.